The Kier molecular flexibility index (Phi) is 5.40. The third kappa shape index (κ3) is 4.31. The van der Waals surface area contributed by atoms with E-state index in [1.54, 1.807) is 0 Å². The van der Waals surface area contributed by atoms with Crippen molar-refractivity contribution in [3.63, 3.8) is 0 Å². The first kappa shape index (κ1) is 16.0. The Morgan fingerprint density at radius 2 is 1.81 bits per heavy atom. The number of carbonyl (C=O) groups is 1. The molecule has 0 atom stereocenters. The van der Waals surface area contributed by atoms with Crippen LogP contribution in [-0.4, -0.2) is 36.4 Å². The molecule has 3 heteroatoms. The van der Waals surface area contributed by atoms with Crippen LogP contribution in [0.5, 0.6) is 5.75 Å². The molecule has 1 aliphatic rings. The van der Waals surface area contributed by atoms with Crippen LogP contribution in [0.25, 0.3) is 0 Å². The van der Waals surface area contributed by atoms with Gasteiger partial charge in [0, 0.05) is 5.56 Å². The van der Waals surface area contributed by atoms with E-state index in [0.717, 1.165) is 35.5 Å². The maximum atomic E-state index is 12.5. The molecule has 1 saturated heterocycles. The summed E-state index contributed by atoms with van der Waals surface area (Å²) < 4.78 is 5.79. The normalized spacial score (nSPS) is 16.2. The number of likely N-dealkylation sites (tertiary alicyclic amines) is 1. The van der Waals surface area contributed by atoms with Crippen molar-refractivity contribution in [2.24, 2.45) is 0 Å². The van der Waals surface area contributed by atoms with Crippen LogP contribution in [-0.2, 0) is 0 Å². The number of aryl methyl sites for hydroxylation is 2. The first-order valence-corrected chi connectivity index (χ1v) is 8.01. The Hall–Kier alpha value is -1.35. The van der Waals surface area contributed by atoms with E-state index in [2.05, 4.69) is 4.90 Å². The SMILES string of the molecule is Cc1cc(C(=O)CN2CCCCC2)c(C)cc1OC(C)C. The average molecular weight is 289 g/mol. The molecule has 116 valence electrons. The zero-order chi connectivity index (χ0) is 15.4. The standard InChI is InChI=1S/C18H27NO2/c1-13(2)21-18-11-14(3)16(10-15(18)4)17(20)12-19-8-6-5-7-9-19/h10-11,13H,5-9,12H2,1-4H3. The number of ketones is 1. The summed E-state index contributed by atoms with van der Waals surface area (Å²) in [6.07, 6.45) is 3.88. The summed E-state index contributed by atoms with van der Waals surface area (Å²) in [7, 11) is 0. The van der Waals surface area contributed by atoms with Gasteiger partial charge in [0.1, 0.15) is 5.75 Å². The summed E-state index contributed by atoms with van der Waals surface area (Å²) in [6.45, 7) is 10.7. The third-order valence-electron chi connectivity index (χ3n) is 4.00. The minimum absolute atomic E-state index is 0.151. The van der Waals surface area contributed by atoms with Gasteiger partial charge in [-0.15, -0.1) is 0 Å². The highest BCUT2D eigenvalue weighted by Crippen LogP contribution is 2.24. The lowest BCUT2D eigenvalue weighted by Crippen LogP contribution is -2.34. The number of rotatable bonds is 5. The molecular weight excluding hydrogens is 262 g/mol. The second kappa shape index (κ2) is 7.08. The monoisotopic (exact) mass is 289 g/mol. The highest BCUT2D eigenvalue weighted by atomic mass is 16.5. The van der Waals surface area contributed by atoms with Crippen molar-refractivity contribution < 1.29 is 9.53 Å². The quantitative estimate of drug-likeness (QED) is 0.773. The lowest BCUT2D eigenvalue weighted by atomic mass is 10.00. The molecule has 1 aliphatic heterocycles. The van der Waals surface area contributed by atoms with Gasteiger partial charge in [-0.05, 0) is 76.9 Å². The topological polar surface area (TPSA) is 29.5 Å². The van der Waals surface area contributed by atoms with Gasteiger partial charge in [0.25, 0.3) is 0 Å². The van der Waals surface area contributed by atoms with Crippen molar-refractivity contribution in [2.75, 3.05) is 19.6 Å². The highest BCUT2D eigenvalue weighted by Gasteiger charge is 2.18. The number of ether oxygens (including phenoxy) is 1. The van der Waals surface area contributed by atoms with Crippen LogP contribution in [0.15, 0.2) is 12.1 Å². The number of Topliss-reactive ketones (excluding diaryl/α,β-unsaturated/α-hetero) is 1. The molecule has 0 amide bonds. The molecule has 0 aromatic heterocycles. The number of carbonyl (C=O) groups excluding carboxylic acids is 1. The molecule has 21 heavy (non-hydrogen) atoms. The second-order valence-electron chi connectivity index (χ2n) is 6.36. The Labute approximate surface area is 128 Å². The van der Waals surface area contributed by atoms with Gasteiger partial charge in [-0.2, -0.15) is 0 Å². The van der Waals surface area contributed by atoms with E-state index in [9.17, 15) is 4.79 Å². The lowest BCUT2D eigenvalue weighted by molar-refractivity contribution is 0.0915. The number of benzene rings is 1. The van der Waals surface area contributed by atoms with Gasteiger partial charge in [0.15, 0.2) is 5.78 Å². The maximum absolute atomic E-state index is 12.5. The van der Waals surface area contributed by atoms with Gasteiger partial charge in [0.05, 0.1) is 12.6 Å². The van der Waals surface area contributed by atoms with E-state index in [4.69, 9.17) is 4.74 Å². The van der Waals surface area contributed by atoms with Crippen LogP contribution in [0.4, 0.5) is 0 Å². The van der Waals surface area contributed by atoms with Gasteiger partial charge < -0.3 is 4.74 Å². The Morgan fingerprint density at radius 3 is 2.43 bits per heavy atom. The maximum Gasteiger partial charge on any atom is 0.177 e. The molecule has 1 fully saturated rings. The molecule has 0 N–H and O–H groups in total. The molecule has 0 radical (unpaired) electrons. The summed E-state index contributed by atoms with van der Waals surface area (Å²) >= 11 is 0. The fourth-order valence-corrected chi connectivity index (χ4v) is 2.88. The van der Waals surface area contributed by atoms with Gasteiger partial charge in [-0.3, -0.25) is 9.69 Å². The van der Waals surface area contributed by atoms with E-state index < -0.39 is 0 Å². The smallest absolute Gasteiger partial charge is 0.177 e. The molecule has 0 saturated carbocycles. The van der Waals surface area contributed by atoms with Crippen LogP contribution in [0, 0.1) is 13.8 Å². The van der Waals surface area contributed by atoms with Crippen molar-refractivity contribution >= 4 is 5.78 Å². The largest absolute Gasteiger partial charge is 0.491 e. The molecule has 1 aromatic rings. The van der Waals surface area contributed by atoms with Crippen molar-refractivity contribution in [3.8, 4) is 5.75 Å². The fraction of sp³-hybridized carbons (Fsp3) is 0.611. The molecule has 0 aliphatic carbocycles. The number of hydrogen-bond donors (Lipinski definition) is 0. The van der Waals surface area contributed by atoms with Crippen LogP contribution in [0.3, 0.4) is 0 Å². The first-order valence-electron chi connectivity index (χ1n) is 8.01. The molecule has 0 unspecified atom stereocenters. The van der Waals surface area contributed by atoms with Gasteiger partial charge in [-0.25, -0.2) is 0 Å². The van der Waals surface area contributed by atoms with Crippen molar-refractivity contribution in [2.45, 2.75) is 53.1 Å². The highest BCUT2D eigenvalue weighted by molar-refractivity contribution is 5.99. The zero-order valence-electron chi connectivity index (χ0n) is 13.7. The summed E-state index contributed by atoms with van der Waals surface area (Å²) in [4.78, 5) is 14.8. The average Bonchev–Trinajstić information content (AvgIpc) is 2.43. The Balaban J connectivity index is 2.11. The van der Waals surface area contributed by atoms with Gasteiger partial charge >= 0.3 is 0 Å². The van der Waals surface area contributed by atoms with Gasteiger partial charge in [-0.1, -0.05) is 6.42 Å². The first-order chi connectivity index (χ1) is 9.97. The minimum Gasteiger partial charge on any atom is -0.491 e. The number of piperidine rings is 1. The molecule has 1 aromatic carbocycles. The van der Waals surface area contributed by atoms with Crippen LogP contribution in [0.1, 0.15) is 54.6 Å². The van der Waals surface area contributed by atoms with E-state index in [1.807, 2.05) is 39.8 Å². The van der Waals surface area contributed by atoms with Crippen LogP contribution >= 0.6 is 0 Å². The molecule has 2 rings (SSSR count). The van der Waals surface area contributed by atoms with Crippen molar-refractivity contribution in [1.82, 2.24) is 4.90 Å². The Bertz CT molecular complexity index is 502. The van der Waals surface area contributed by atoms with Crippen LogP contribution < -0.4 is 4.74 Å². The second-order valence-corrected chi connectivity index (χ2v) is 6.36. The number of hydrogen-bond acceptors (Lipinski definition) is 3. The summed E-state index contributed by atoms with van der Waals surface area (Å²) in [6, 6.07) is 3.98. The molecular formula is C18H27NO2. The summed E-state index contributed by atoms with van der Waals surface area (Å²) in [5, 5.41) is 0. The molecule has 1 heterocycles. The zero-order valence-corrected chi connectivity index (χ0v) is 13.7. The van der Waals surface area contributed by atoms with Gasteiger partial charge in [0.2, 0.25) is 0 Å². The molecule has 0 spiro atoms. The lowest BCUT2D eigenvalue weighted by Gasteiger charge is -2.26. The Morgan fingerprint density at radius 1 is 1.14 bits per heavy atom. The molecule has 3 nitrogen and oxygen atoms in total. The number of nitrogens with zero attached hydrogens (tertiary/aromatic N) is 1. The summed E-state index contributed by atoms with van der Waals surface area (Å²) in [5.41, 5.74) is 2.89. The van der Waals surface area contributed by atoms with E-state index >= 15 is 0 Å². The minimum atomic E-state index is 0.151. The third-order valence-corrected chi connectivity index (χ3v) is 4.00. The van der Waals surface area contributed by atoms with E-state index in [0.29, 0.717) is 6.54 Å². The molecule has 0 bridgehead atoms. The van der Waals surface area contributed by atoms with Crippen LogP contribution in [0.2, 0.25) is 0 Å². The van der Waals surface area contributed by atoms with Crippen molar-refractivity contribution in [1.29, 1.82) is 0 Å². The predicted molar refractivity (Wildman–Crippen MR) is 86.3 cm³/mol. The fourth-order valence-electron chi connectivity index (χ4n) is 2.88. The van der Waals surface area contributed by atoms with Crippen molar-refractivity contribution in [3.05, 3.63) is 28.8 Å². The predicted octanol–water partition coefficient (Wildman–Crippen LogP) is 3.76. The summed E-state index contributed by atoms with van der Waals surface area (Å²) in [5.74, 6) is 1.12. The van der Waals surface area contributed by atoms with E-state index in [1.165, 1.54) is 19.3 Å². The van der Waals surface area contributed by atoms with E-state index in [-0.39, 0.29) is 11.9 Å².